The summed E-state index contributed by atoms with van der Waals surface area (Å²) in [5.74, 6) is 0.0102. The van der Waals surface area contributed by atoms with Crippen molar-refractivity contribution in [1.29, 1.82) is 0 Å². The molecule has 1 aromatic carbocycles. The summed E-state index contributed by atoms with van der Waals surface area (Å²) in [7, 11) is 0. The van der Waals surface area contributed by atoms with E-state index in [0.717, 1.165) is 18.0 Å². The second-order valence-electron chi connectivity index (χ2n) is 6.37. The highest BCUT2D eigenvalue weighted by molar-refractivity contribution is 5.94. The summed E-state index contributed by atoms with van der Waals surface area (Å²) in [6.45, 7) is 7.08. The first kappa shape index (κ1) is 14.9. The lowest BCUT2D eigenvalue weighted by molar-refractivity contribution is 0.0954. The monoisotopic (exact) mass is 296 g/mol. The topological polar surface area (TPSA) is 34.0 Å². The molecule has 0 atom stereocenters. The molecule has 0 bridgehead atoms. The van der Waals surface area contributed by atoms with Gasteiger partial charge in [-0.15, -0.1) is 0 Å². The number of hydrogen-bond donors (Lipinski definition) is 1. The number of aromatic nitrogens is 1. The first-order chi connectivity index (χ1) is 10.6. The highest BCUT2D eigenvalue weighted by Crippen LogP contribution is 2.38. The Bertz CT molecular complexity index is 678. The fraction of sp³-hybridized carbons (Fsp3) is 0.421. The van der Waals surface area contributed by atoms with Gasteiger partial charge in [0, 0.05) is 29.5 Å². The normalized spacial score (nSPS) is 14.1. The van der Waals surface area contributed by atoms with Gasteiger partial charge in [0.05, 0.1) is 0 Å². The Balaban J connectivity index is 1.58. The molecule has 0 saturated heterocycles. The lowest BCUT2D eigenvalue weighted by atomic mass is 10.1. The molecular weight excluding hydrogens is 272 g/mol. The van der Waals surface area contributed by atoms with Crippen LogP contribution in [0.25, 0.3) is 0 Å². The van der Waals surface area contributed by atoms with Gasteiger partial charge in [-0.1, -0.05) is 17.7 Å². The molecule has 2 aromatic rings. The van der Waals surface area contributed by atoms with Crippen molar-refractivity contribution in [3.63, 3.8) is 0 Å². The molecule has 1 N–H and O–H groups in total. The minimum absolute atomic E-state index is 0.0102. The van der Waals surface area contributed by atoms with Gasteiger partial charge in [0.1, 0.15) is 0 Å². The van der Waals surface area contributed by atoms with Crippen LogP contribution in [0.15, 0.2) is 30.3 Å². The molecule has 116 valence electrons. The first-order valence-corrected chi connectivity index (χ1v) is 8.08. The maximum Gasteiger partial charge on any atom is 0.251 e. The molecule has 1 aliphatic carbocycles. The Morgan fingerprint density at radius 3 is 2.50 bits per heavy atom. The number of amides is 1. The second-order valence-corrected chi connectivity index (χ2v) is 6.37. The lowest BCUT2D eigenvalue weighted by Crippen LogP contribution is -2.25. The summed E-state index contributed by atoms with van der Waals surface area (Å²) in [5.41, 5.74) is 5.97. The van der Waals surface area contributed by atoms with Crippen LogP contribution >= 0.6 is 0 Å². The molecule has 0 aliphatic heterocycles. The maximum atomic E-state index is 12.1. The van der Waals surface area contributed by atoms with Gasteiger partial charge in [0.2, 0.25) is 0 Å². The molecule has 3 rings (SSSR count). The molecule has 1 fully saturated rings. The van der Waals surface area contributed by atoms with Gasteiger partial charge in [-0.3, -0.25) is 4.79 Å². The molecule has 1 amide bonds. The molecule has 22 heavy (non-hydrogen) atoms. The third kappa shape index (κ3) is 3.08. The van der Waals surface area contributed by atoms with Gasteiger partial charge in [-0.05, 0) is 63.8 Å². The number of benzene rings is 1. The number of hydrogen-bond acceptors (Lipinski definition) is 1. The fourth-order valence-corrected chi connectivity index (χ4v) is 3.11. The van der Waals surface area contributed by atoms with Crippen LogP contribution in [0.1, 0.15) is 51.8 Å². The van der Waals surface area contributed by atoms with Crippen LogP contribution in [-0.2, 0) is 6.42 Å². The number of carbonyl (C=O) groups is 1. The third-order valence-electron chi connectivity index (χ3n) is 4.49. The summed E-state index contributed by atoms with van der Waals surface area (Å²) in [5, 5.41) is 3.02. The predicted octanol–water partition coefficient (Wildman–Crippen LogP) is 3.72. The average molecular weight is 296 g/mol. The third-order valence-corrected chi connectivity index (χ3v) is 4.49. The van der Waals surface area contributed by atoms with Crippen LogP contribution in [-0.4, -0.2) is 17.0 Å². The lowest BCUT2D eigenvalue weighted by Gasteiger charge is -2.08. The summed E-state index contributed by atoms with van der Waals surface area (Å²) in [6.07, 6.45) is 3.50. The van der Waals surface area contributed by atoms with E-state index in [1.807, 2.05) is 31.2 Å². The van der Waals surface area contributed by atoms with Gasteiger partial charge >= 0.3 is 0 Å². The van der Waals surface area contributed by atoms with E-state index in [-0.39, 0.29) is 5.91 Å². The molecule has 0 spiro atoms. The SMILES string of the molecule is Cc1ccc(C(=O)NCCc2cc(C)n(C3CC3)c2C)cc1. The van der Waals surface area contributed by atoms with Crippen molar-refractivity contribution in [2.24, 2.45) is 0 Å². The summed E-state index contributed by atoms with van der Waals surface area (Å²) >= 11 is 0. The summed E-state index contributed by atoms with van der Waals surface area (Å²) in [4.78, 5) is 12.1. The molecule has 1 heterocycles. The van der Waals surface area contributed by atoms with E-state index < -0.39 is 0 Å². The highest BCUT2D eigenvalue weighted by Gasteiger charge is 2.26. The van der Waals surface area contributed by atoms with Crippen molar-refractivity contribution in [2.75, 3.05) is 6.54 Å². The van der Waals surface area contributed by atoms with E-state index in [4.69, 9.17) is 0 Å². The van der Waals surface area contributed by atoms with Crippen LogP contribution in [0.4, 0.5) is 0 Å². The fourth-order valence-electron chi connectivity index (χ4n) is 3.11. The minimum atomic E-state index is 0.0102. The van der Waals surface area contributed by atoms with Gasteiger partial charge < -0.3 is 9.88 Å². The van der Waals surface area contributed by atoms with Crippen molar-refractivity contribution in [1.82, 2.24) is 9.88 Å². The molecule has 0 radical (unpaired) electrons. The van der Waals surface area contributed by atoms with E-state index in [0.29, 0.717) is 6.54 Å². The van der Waals surface area contributed by atoms with Crippen LogP contribution in [0.5, 0.6) is 0 Å². The average Bonchev–Trinajstić information content (AvgIpc) is 3.27. The standard InChI is InChI=1S/C19H24N2O/c1-13-4-6-16(7-5-13)19(22)20-11-10-17-12-14(2)21(15(17)3)18-8-9-18/h4-7,12,18H,8-11H2,1-3H3,(H,20,22). The second kappa shape index (κ2) is 5.99. The van der Waals surface area contributed by atoms with E-state index >= 15 is 0 Å². The molecular formula is C19H24N2O. The zero-order valence-electron chi connectivity index (χ0n) is 13.6. The minimum Gasteiger partial charge on any atom is -0.352 e. The van der Waals surface area contributed by atoms with Gasteiger partial charge in [0.25, 0.3) is 5.91 Å². The van der Waals surface area contributed by atoms with Gasteiger partial charge in [-0.25, -0.2) is 0 Å². The van der Waals surface area contributed by atoms with Crippen molar-refractivity contribution in [2.45, 2.75) is 46.1 Å². The number of nitrogens with zero attached hydrogens (tertiary/aromatic N) is 1. The molecule has 0 unspecified atom stereocenters. The van der Waals surface area contributed by atoms with E-state index in [2.05, 4.69) is 29.8 Å². The first-order valence-electron chi connectivity index (χ1n) is 8.08. The Kier molecular flexibility index (Phi) is 4.06. The summed E-state index contributed by atoms with van der Waals surface area (Å²) in [6, 6.07) is 10.7. The molecule has 1 aromatic heterocycles. The zero-order valence-corrected chi connectivity index (χ0v) is 13.6. The number of rotatable bonds is 5. The van der Waals surface area contributed by atoms with Crippen LogP contribution < -0.4 is 5.32 Å². The predicted molar refractivity (Wildman–Crippen MR) is 89.4 cm³/mol. The Labute approximate surface area is 132 Å². The van der Waals surface area contributed by atoms with Crippen molar-refractivity contribution >= 4 is 5.91 Å². The Hall–Kier alpha value is -2.03. The van der Waals surface area contributed by atoms with Gasteiger partial charge in [0.15, 0.2) is 0 Å². The number of aryl methyl sites for hydroxylation is 2. The van der Waals surface area contributed by atoms with Crippen LogP contribution in [0, 0.1) is 20.8 Å². The van der Waals surface area contributed by atoms with Crippen molar-refractivity contribution < 1.29 is 4.79 Å². The maximum absolute atomic E-state index is 12.1. The quantitative estimate of drug-likeness (QED) is 0.896. The molecule has 3 nitrogen and oxygen atoms in total. The Morgan fingerprint density at radius 1 is 1.18 bits per heavy atom. The van der Waals surface area contributed by atoms with E-state index in [1.54, 1.807) is 0 Å². The molecule has 1 aliphatic rings. The van der Waals surface area contributed by atoms with Gasteiger partial charge in [-0.2, -0.15) is 0 Å². The smallest absolute Gasteiger partial charge is 0.251 e. The molecule has 1 saturated carbocycles. The van der Waals surface area contributed by atoms with Crippen molar-refractivity contribution in [3.8, 4) is 0 Å². The zero-order chi connectivity index (χ0) is 15.7. The van der Waals surface area contributed by atoms with E-state index in [9.17, 15) is 4.79 Å². The Morgan fingerprint density at radius 2 is 1.86 bits per heavy atom. The number of carbonyl (C=O) groups excluding carboxylic acids is 1. The van der Waals surface area contributed by atoms with Crippen LogP contribution in [0.3, 0.4) is 0 Å². The number of nitrogens with one attached hydrogen (secondary N) is 1. The van der Waals surface area contributed by atoms with E-state index in [1.165, 1.54) is 35.4 Å². The summed E-state index contributed by atoms with van der Waals surface area (Å²) < 4.78 is 2.46. The molecule has 3 heteroatoms. The van der Waals surface area contributed by atoms with Crippen molar-refractivity contribution in [3.05, 3.63) is 58.4 Å². The largest absolute Gasteiger partial charge is 0.352 e. The van der Waals surface area contributed by atoms with Crippen LogP contribution in [0.2, 0.25) is 0 Å². The highest BCUT2D eigenvalue weighted by atomic mass is 16.1.